The van der Waals surface area contributed by atoms with Gasteiger partial charge in [0.2, 0.25) is 5.89 Å². The zero-order chi connectivity index (χ0) is 10.4. The SMILES string of the molecule is CC(C)CSCc1noc(CCCl)n1. The lowest BCUT2D eigenvalue weighted by atomic mass is 10.3. The summed E-state index contributed by atoms with van der Waals surface area (Å²) < 4.78 is 5.00. The highest BCUT2D eigenvalue weighted by atomic mass is 35.5. The molecule has 0 radical (unpaired) electrons. The highest BCUT2D eigenvalue weighted by Crippen LogP contribution is 2.13. The highest BCUT2D eigenvalue weighted by molar-refractivity contribution is 7.98. The van der Waals surface area contributed by atoms with E-state index in [9.17, 15) is 0 Å². The minimum Gasteiger partial charge on any atom is -0.339 e. The van der Waals surface area contributed by atoms with Crippen molar-refractivity contribution >= 4 is 23.4 Å². The molecule has 80 valence electrons. The number of aryl methyl sites for hydroxylation is 1. The Morgan fingerprint density at radius 2 is 2.29 bits per heavy atom. The van der Waals surface area contributed by atoms with Gasteiger partial charge in [0, 0.05) is 12.3 Å². The quantitative estimate of drug-likeness (QED) is 0.710. The Hall–Kier alpha value is -0.220. The topological polar surface area (TPSA) is 38.9 Å². The minimum absolute atomic E-state index is 0.529. The second-order valence-corrected chi connectivity index (χ2v) is 4.86. The molecule has 0 N–H and O–H groups in total. The van der Waals surface area contributed by atoms with Crippen molar-refractivity contribution in [2.75, 3.05) is 11.6 Å². The van der Waals surface area contributed by atoms with Gasteiger partial charge in [-0.25, -0.2) is 0 Å². The molecule has 0 amide bonds. The summed E-state index contributed by atoms with van der Waals surface area (Å²) >= 11 is 7.39. The molecule has 0 aliphatic heterocycles. The molecule has 0 fully saturated rings. The molecule has 0 unspecified atom stereocenters. The van der Waals surface area contributed by atoms with E-state index < -0.39 is 0 Å². The van der Waals surface area contributed by atoms with Crippen molar-refractivity contribution in [3.8, 4) is 0 Å². The Kier molecular flexibility index (Phi) is 5.33. The molecule has 0 aromatic carbocycles. The summed E-state index contributed by atoms with van der Waals surface area (Å²) in [4.78, 5) is 4.21. The maximum atomic E-state index is 5.56. The summed E-state index contributed by atoms with van der Waals surface area (Å²) in [7, 11) is 0. The second kappa shape index (κ2) is 6.30. The molecule has 0 saturated carbocycles. The van der Waals surface area contributed by atoms with E-state index in [1.54, 1.807) is 0 Å². The van der Waals surface area contributed by atoms with Crippen LogP contribution in [0.3, 0.4) is 0 Å². The van der Waals surface area contributed by atoms with Crippen molar-refractivity contribution in [3.63, 3.8) is 0 Å². The zero-order valence-corrected chi connectivity index (χ0v) is 10.1. The molecule has 0 spiro atoms. The van der Waals surface area contributed by atoms with Crippen molar-refractivity contribution < 1.29 is 4.52 Å². The number of alkyl halides is 1. The average Bonchev–Trinajstić information content (AvgIpc) is 2.53. The van der Waals surface area contributed by atoms with Crippen molar-refractivity contribution in [1.82, 2.24) is 10.1 Å². The first-order valence-electron chi connectivity index (χ1n) is 4.67. The number of halogens is 1. The fraction of sp³-hybridized carbons (Fsp3) is 0.778. The first-order chi connectivity index (χ1) is 6.72. The van der Waals surface area contributed by atoms with Crippen molar-refractivity contribution in [1.29, 1.82) is 0 Å². The van der Waals surface area contributed by atoms with E-state index in [2.05, 4.69) is 24.0 Å². The summed E-state index contributed by atoms with van der Waals surface area (Å²) in [6, 6.07) is 0. The molecule has 0 bridgehead atoms. The molecular formula is C9H15ClN2OS. The Morgan fingerprint density at radius 3 is 2.93 bits per heavy atom. The predicted molar refractivity (Wildman–Crippen MR) is 59.7 cm³/mol. The van der Waals surface area contributed by atoms with Crippen molar-refractivity contribution in [2.24, 2.45) is 5.92 Å². The molecule has 0 atom stereocenters. The van der Waals surface area contributed by atoms with Gasteiger partial charge in [-0.2, -0.15) is 16.7 Å². The van der Waals surface area contributed by atoms with Crippen LogP contribution in [0.2, 0.25) is 0 Å². The largest absolute Gasteiger partial charge is 0.339 e. The maximum Gasteiger partial charge on any atom is 0.227 e. The molecule has 1 rings (SSSR count). The molecule has 1 aromatic heterocycles. The number of thioether (sulfide) groups is 1. The fourth-order valence-corrected chi connectivity index (χ4v) is 1.97. The Bertz CT molecular complexity index is 265. The lowest BCUT2D eigenvalue weighted by Crippen LogP contribution is -1.93. The third kappa shape index (κ3) is 4.33. The molecule has 14 heavy (non-hydrogen) atoms. The lowest BCUT2D eigenvalue weighted by molar-refractivity contribution is 0.378. The number of nitrogens with zero attached hydrogens (tertiary/aromatic N) is 2. The van der Waals surface area contributed by atoms with Crippen LogP contribution in [0.25, 0.3) is 0 Å². The van der Waals surface area contributed by atoms with Gasteiger partial charge in [0.15, 0.2) is 5.82 Å². The van der Waals surface area contributed by atoms with Crippen LogP contribution in [-0.4, -0.2) is 21.8 Å². The zero-order valence-electron chi connectivity index (χ0n) is 8.49. The van der Waals surface area contributed by atoms with Gasteiger partial charge in [0.05, 0.1) is 5.75 Å². The molecule has 0 saturated heterocycles. The summed E-state index contributed by atoms with van der Waals surface area (Å²) in [5.74, 6) is 4.59. The van der Waals surface area contributed by atoms with Crippen LogP contribution >= 0.6 is 23.4 Å². The van der Waals surface area contributed by atoms with E-state index in [0.717, 1.165) is 17.3 Å². The van der Waals surface area contributed by atoms with Crippen LogP contribution in [0.4, 0.5) is 0 Å². The number of hydrogen-bond donors (Lipinski definition) is 0. The average molecular weight is 235 g/mol. The van der Waals surface area contributed by atoms with Crippen LogP contribution < -0.4 is 0 Å². The van der Waals surface area contributed by atoms with Crippen LogP contribution in [0.1, 0.15) is 25.6 Å². The van der Waals surface area contributed by atoms with Crippen LogP contribution in [0, 0.1) is 5.92 Å². The normalized spacial score (nSPS) is 11.1. The van der Waals surface area contributed by atoms with Gasteiger partial charge >= 0.3 is 0 Å². The molecule has 0 aliphatic rings. The summed E-state index contributed by atoms with van der Waals surface area (Å²) in [6.45, 7) is 4.39. The van der Waals surface area contributed by atoms with E-state index in [4.69, 9.17) is 16.1 Å². The molecular weight excluding hydrogens is 220 g/mol. The lowest BCUT2D eigenvalue weighted by Gasteiger charge is -2.00. The van der Waals surface area contributed by atoms with Gasteiger partial charge in [0.1, 0.15) is 0 Å². The highest BCUT2D eigenvalue weighted by Gasteiger charge is 2.05. The molecule has 3 nitrogen and oxygen atoms in total. The summed E-state index contributed by atoms with van der Waals surface area (Å²) in [5.41, 5.74) is 0. The molecule has 5 heteroatoms. The molecule has 0 aliphatic carbocycles. The molecule has 1 aromatic rings. The van der Waals surface area contributed by atoms with E-state index in [1.165, 1.54) is 0 Å². The third-order valence-corrected chi connectivity index (χ3v) is 3.05. The van der Waals surface area contributed by atoms with E-state index in [-0.39, 0.29) is 0 Å². The van der Waals surface area contributed by atoms with E-state index in [0.29, 0.717) is 24.1 Å². The van der Waals surface area contributed by atoms with Crippen LogP contribution in [-0.2, 0) is 12.2 Å². The first kappa shape index (κ1) is 11.9. The van der Waals surface area contributed by atoms with Gasteiger partial charge in [-0.1, -0.05) is 19.0 Å². The standard InChI is InChI=1S/C9H15ClN2OS/c1-7(2)5-14-6-8-11-9(3-4-10)13-12-8/h7H,3-6H2,1-2H3. The van der Waals surface area contributed by atoms with Crippen molar-refractivity contribution in [3.05, 3.63) is 11.7 Å². The first-order valence-corrected chi connectivity index (χ1v) is 6.36. The minimum atomic E-state index is 0.529. The van der Waals surface area contributed by atoms with Gasteiger partial charge in [-0.05, 0) is 11.7 Å². The Labute approximate surface area is 93.6 Å². The van der Waals surface area contributed by atoms with Crippen LogP contribution in [0.5, 0.6) is 0 Å². The summed E-state index contributed by atoms with van der Waals surface area (Å²) in [6.07, 6.45) is 0.656. The molecule has 1 heterocycles. The van der Waals surface area contributed by atoms with Gasteiger partial charge < -0.3 is 4.52 Å². The Balaban J connectivity index is 2.28. The van der Waals surface area contributed by atoms with Crippen LogP contribution in [0.15, 0.2) is 4.52 Å². The van der Waals surface area contributed by atoms with E-state index in [1.807, 2.05) is 11.8 Å². The van der Waals surface area contributed by atoms with Crippen molar-refractivity contribution in [2.45, 2.75) is 26.0 Å². The van der Waals surface area contributed by atoms with Gasteiger partial charge in [0.25, 0.3) is 0 Å². The predicted octanol–water partition coefficient (Wildman–Crippen LogP) is 2.74. The second-order valence-electron chi connectivity index (χ2n) is 3.45. The fourth-order valence-electron chi connectivity index (χ4n) is 0.917. The smallest absolute Gasteiger partial charge is 0.227 e. The Morgan fingerprint density at radius 1 is 1.50 bits per heavy atom. The van der Waals surface area contributed by atoms with Gasteiger partial charge in [-0.15, -0.1) is 11.6 Å². The van der Waals surface area contributed by atoms with Gasteiger partial charge in [-0.3, -0.25) is 0 Å². The van der Waals surface area contributed by atoms with E-state index >= 15 is 0 Å². The number of rotatable bonds is 6. The summed E-state index contributed by atoms with van der Waals surface area (Å²) in [5, 5.41) is 3.87. The number of aromatic nitrogens is 2. The monoisotopic (exact) mass is 234 g/mol. The number of hydrogen-bond acceptors (Lipinski definition) is 4. The third-order valence-electron chi connectivity index (χ3n) is 1.50. The maximum absolute atomic E-state index is 5.56.